The molecule has 2 aromatic rings. The molecule has 1 fully saturated rings. The van der Waals surface area contributed by atoms with Crippen molar-refractivity contribution in [2.75, 3.05) is 18.0 Å². The lowest BCUT2D eigenvalue weighted by atomic mass is 10.0. The lowest BCUT2D eigenvalue weighted by Gasteiger charge is -2.33. The van der Waals surface area contributed by atoms with Gasteiger partial charge >= 0.3 is 0 Å². The van der Waals surface area contributed by atoms with Gasteiger partial charge in [-0.25, -0.2) is 8.78 Å². The highest BCUT2D eigenvalue weighted by Gasteiger charge is 2.34. The van der Waals surface area contributed by atoms with E-state index in [0.29, 0.717) is 22.6 Å². The molecule has 0 saturated carbocycles. The van der Waals surface area contributed by atoms with Crippen molar-refractivity contribution in [3.63, 3.8) is 0 Å². The van der Waals surface area contributed by atoms with Crippen LogP contribution >= 0.6 is 0 Å². The predicted octanol–water partition coefficient (Wildman–Crippen LogP) is 2.59. The Kier molecular flexibility index (Phi) is 3.53. The number of anilines is 1. The van der Waals surface area contributed by atoms with Gasteiger partial charge in [-0.1, -0.05) is 0 Å². The minimum absolute atomic E-state index is 0.195. The highest BCUT2D eigenvalue weighted by molar-refractivity contribution is 5.67. The molecular formula is C15H15F2N5. The molecule has 0 bridgehead atoms. The van der Waals surface area contributed by atoms with Crippen molar-refractivity contribution in [2.45, 2.75) is 18.8 Å². The van der Waals surface area contributed by atoms with Crippen molar-refractivity contribution in [1.29, 1.82) is 5.26 Å². The Labute approximate surface area is 126 Å². The molecule has 0 radical (unpaired) electrons. The molecule has 1 aliphatic rings. The number of pyridine rings is 1. The molecule has 0 spiro atoms. The van der Waals surface area contributed by atoms with E-state index in [4.69, 9.17) is 0 Å². The third-order valence-corrected chi connectivity index (χ3v) is 3.81. The Bertz CT molecular complexity index is 722. The van der Waals surface area contributed by atoms with E-state index in [1.165, 1.54) is 6.20 Å². The molecule has 0 atom stereocenters. The van der Waals surface area contributed by atoms with Crippen LogP contribution in [0.5, 0.6) is 0 Å². The number of nitrogens with zero attached hydrogens (tertiary/aromatic N) is 5. The molecule has 0 aromatic carbocycles. The van der Waals surface area contributed by atoms with Crippen molar-refractivity contribution < 1.29 is 8.78 Å². The molecule has 0 aliphatic carbocycles. The zero-order valence-corrected chi connectivity index (χ0v) is 12.1. The maximum atomic E-state index is 13.3. The van der Waals surface area contributed by atoms with Gasteiger partial charge in [-0.15, -0.1) is 0 Å². The van der Waals surface area contributed by atoms with Gasteiger partial charge in [-0.3, -0.25) is 9.67 Å². The van der Waals surface area contributed by atoms with Crippen LogP contribution in [0.15, 0.2) is 24.5 Å². The summed E-state index contributed by atoms with van der Waals surface area (Å²) in [6.07, 6.45) is 2.89. The maximum absolute atomic E-state index is 13.3. The molecular weight excluding hydrogens is 288 g/mol. The van der Waals surface area contributed by atoms with Gasteiger partial charge in [0.1, 0.15) is 11.8 Å². The van der Waals surface area contributed by atoms with Crippen molar-refractivity contribution in [2.24, 2.45) is 7.05 Å². The Hall–Kier alpha value is -2.49. The topological polar surface area (TPSA) is 57.7 Å². The molecule has 114 valence electrons. The normalized spacial score (nSPS) is 17.3. The van der Waals surface area contributed by atoms with Crippen LogP contribution in [0.25, 0.3) is 11.4 Å². The van der Waals surface area contributed by atoms with E-state index in [9.17, 15) is 14.0 Å². The monoisotopic (exact) mass is 303 g/mol. The van der Waals surface area contributed by atoms with Crippen LogP contribution in [0.2, 0.25) is 0 Å². The van der Waals surface area contributed by atoms with E-state index in [-0.39, 0.29) is 25.9 Å². The molecule has 0 N–H and O–H groups in total. The van der Waals surface area contributed by atoms with Crippen molar-refractivity contribution in [3.8, 4) is 17.5 Å². The first kappa shape index (κ1) is 14.4. The van der Waals surface area contributed by atoms with E-state index in [0.717, 1.165) is 0 Å². The minimum Gasteiger partial charge on any atom is -0.370 e. The SMILES string of the molecule is Cn1ccc(-c2cc(N3CCC(F)(F)CC3)c(C#N)cn2)n1. The number of hydrogen-bond donors (Lipinski definition) is 0. The first-order valence-electron chi connectivity index (χ1n) is 7.01. The average Bonchev–Trinajstić information content (AvgIpc) is 2.93. The molecule has 0 unspecified atom stereocenters. The summed E-state index contributed by atoms with van der Waals surface area (Å²) < 4.78 is 28.3. The van der Waals surface area contributed by atoms with E-state index in [2.05, 4.69) is 16.2 Å². The Balaban J connectivity index is 1.94. The van der Waals surface area contributed by atoms with E-state index in [1.54, 1.807) is 24.0 Å². The molecule has 22 heavy (non-hydrogen) atoms. The van der Waals surface area contributed by atoms with Crippen LogP contribution in [-0.2, 0) is 7.05 Å². The molecule has 7 heteroatoms. The van der Waals surface area contributed by atoms with Gasteiger partial charge in [0.25, 0.3) is 5.92 Å². The zero-order valence-electron chi connectivity index (χ0n) is 12.1. The van der Waals surface area contributed by atoms with Gasteiger partial charge in [0.15, 0.2) is 0 Å². The molecule has 3 rings (SSSR count). The summed E-state index contributed by atoms with van der Waals surface area (Å²) in [5, 5.41) is 13.5. The highest BCUT2D eigenvalue weighted by Crippen LogP contribution is 2.33. The number of rotatable bonds is 2. The first-order valence-corrected chi connectivity index (χ1v) is 7.01. The number of aryl methyl sites for hydroxylation is 1. The fraction of sp³-hybridized carbons (Fsp3) is 0.400. The molecule has 3 heterocycles. The lowest BCUT2D eigenvalue weighted by Crippen LogP contribution is -2.39. The Morgan fingerprint density at radius 3 is 2.59 bits per heavy atom. The maximum Gasteiger partial charge on any atom is 0.251 e. The quantitative estimate of drug-likeness (QED) is 0.855. The van der Waals surface area contributed by atoms with Crippen LogP contribution < -0.4 is 4.90 Å². The van der Waals surface area contributed by atoms with Crippen LogP contribution in [0.4, 0.5) is 14.5 Å². The van der Waals surface area contributed by atoms with Gasteiger partial charge in [0.2, 0.25) is 0 Å². The van der Waals surface area contributed by atoms with Gasteiger partial charge in [0, 0.05) is 45.4 Å². The predicted molar refractivity (Wildman–Crippen MR) is 77.5 cm³/mol. The third kappa shape index (κ3) is 2.77. The number of aromatic nitrogens is 3. The highest BCUT2D eigenvalue weighted by atomic mass is 19.3. The summed E-state index contributed by atoms with van der Waals surface area (Å²) in [5.74, 6) is -2.61. The van der Waals surface area contributed by atoms with Crippen molar-refractivity contribution in [1.82, 2.24) is 14.8 Å². The fourth-order valence-corrected chi connectivity index (χ4v) is 2.56. The first-order chi connectivity index (χ1) is 10.5. The van der Waals surface area contributed by atoms with Gasteiger partial charge in [-0.05, 0) is 12.1 Å². The summed E-state index contributed by atoms with van der Waals surface area (Å²) in [6, 6.07) is 5.66. The van der Waals surface area contributed by atoms with Crippen LogP contribution in [0.1, 0.15) is 18.4 Å². The lowest BCUT2D eigenvalue weighted by molar-refractivity contribution is -0.0220. The van der Waals surface area contributed by atoms with Gasteiger partial charge in [-0.2, -0.15) is 10.4 Å². The van der Waals surface area contributed by atoms with Gasteiger partial charge in [0.05, 0.1) is 16.9 Å². The number of nitriles is 1. The Morgan fingerprint density at radius 2 is 2.00 bits per heavy atom. The standard InChI is InChI=1S/C15H15F2N5/c1-21-5-2-12(20-21)13-8-14(11(9-18)10-19-13)22-6-3-15(16,17)4-7-22/h2,5,8,10H,3-4,6-7H2,1H3. The Morgan fingerprint density at radius 1 is 1.27 bits per heavy atom. The van der Waals surface area contributed by atoms with Crippen LogP contribution in [-0.4, -0.2) is 33.8 Å². The zero-order chi connectivity index (χ0) is 15.7. The number of hydrogen-bond acceptors (Lipinski definition) is 4. The van der Waals surface area contributed by atoms with Crippen LogP contribution in [0, 0.1) is 11.3 Å². The number of piperidine rings is 1. The second-order valence-corrected chi connectivity index (χ2v) is 5.42. The summed E-state index contributed by atoms with van der Waals surface area (Å²) in [4.78, 5) is 6.07. The fourth-order valence-electron chi connectivity index (χ4n) is 2.56. The summed E-state index contributed by atoms with van der Waals surface area (Å²) in [6.45, 7) is 0.459. The average molecular weight is 303 g/mol. The molecule has 2 aromatic heterocycles. The summed E-state index contributed by atoms with van der Waals surface area (Å²) >= 11 is 0. The third-order valence-electron chi connectivity index (χ3n) is 3.81. The van der Waals surface area contributed by atoms with Crippen LogP contribution in [0.3, 0.4) is 0 Å². The second-order valence-electron chi connectivity index (χ2n) is 5.42. The van der Waals surface area contributed by atoms with Gasteiger partial charge < -0.3 is 4.90 Å². The second kappa shape index (κ2) is 5.37. The molecule has 1 aliphatic heterocycles. The largest absolute Gasteiger partial charge is 0.370 e. The summed E-state index contributed by atoms with van der Waals surface area (Å²) in [5.41, 5.74) is 2.36. The summed E-state index contributed by atoms with van der Waals surface area (Å²) in [7, 11) is 1.81. The van der Waals surface area contributed by atoms with Crippen molar-refractivity contribution in [3.05, 3.63) is 30.1 Å². The van der Waals surface area contributed by atoms with Crippen molar-refractivity contribution >= 4 is 5.69 Å². The van der Waals surface area contributed by atoms with E-state index >= 15 is 0 Å². The molecule has 0 amide bonds. The van der Waals surface area contributed by atoms with E-state index in [1.807, 2.05) is 11.0 Å². The molecule has 5 nitrogen and oxygen atoms in total. The molecule has 1 saturated heterocycles. The smallest absolute Gasteiger partial charge is 0.251 e. The number of halogens is 2. The number of alkyl halides is 2. The van der Waals surface area contributed by atoms with E-state index < -0.39 is 5.92 Å². The minimum atomic E-state index is -2.61.